The highest BCUT2D eigenvalue weighted by Gasteiger charge is 2.26. The van der Waals surface area contributed by atoms with E-state index in [9.17, 15) is 4.79 Å². The van der Waals surface area contributed by atoms with Gasteiger partial charge in [-0.1, -0.05) is 29.8 Å². The van der Waals surface area contributed by atoms with E-state index in [0.717, 1.165) is 25.9 Å². The Hall–Kier alpha value is -1.10. The van der Waals surface area contributed by atoms with E-state index >= 15 is 0 Å². The molecule has 1 atom stereocenters. The summed E-state index contributed by atoms with van der Waals surface area (Å²) in [5, 5.41) is 8.88. The van der Waals surface area contributed by atoms with Crippen LogP contribution in [0.3, 0.4) is 0 Å². The predicted octanol–water partition coefficient (Wildman–Crippen LogP) is 2.96. The van der Waals surface area contributed by atoms with Gasteiger partial charge in [-0.25, -0.2) is 0 Å². The van der Waals surface area contributed by atoms with Crippen molar-refractivity contribution in [2.24, 2.45) is 0 Å². The van der Waals surface area contributed by atoms with Gasteiger partial charge in [0.15, 0.2) is 0 Å². The van der Waals surface area contributed by atoms with E-state index in [4.69, 9.17) is 5.11 Å². The number of nitrogens with zero attached hydrogens (tertiary/aromatic N) is 2. The van der Waals surface area contributed by atoms with Gasteiger partial charge < -0.3 is 5.11 Å². The zero-order valence-electron chi connectivity index (χ0n) is 13.7. The summed E-state index contributed by atoms with van der Waals surface area (Å²) in [5.74, 6) is -0.743. The normalized spacial score (nSPS) is 18.0. The minimum atomic E-state index is -0.743. The molecule has 1 heterocycles. The Labute approximate surface area is 139 Å². The number of hydrogen-bond donors (Lipinski definition) is 1. The molecule has 2 rings (SSSR count). The standard InChI is InChI=1S/C17H26N2O2.ClH/c1-13-5-4-6-15(11-13)14(2)19-9-7-16(8-10-19)18(3)12-17(20)21;/h4-6,11,14,16H,7-10,12H2,1-3H3,(H,20,21);1H. The van der Waals surface area contributed by atoms with Gasteiger partial charge in [-0.15, -0.1) is 12.4 Å². The smallest absolute Gasteiger partial charge is 0.317 e. The Morgan fingerprint density at radius 3 is 2.59 bits per heavy atom. The van der Waals surface area contributed by atoms with Crippen LogP contribution in [0.15, 0.2) is 24.3 Å². The van der Waals surface area contributed by atoms with Crippen LogP contribution >= 0.6 is 12.4 Å². The highest BCUT2D eigenvalue weighted by atomic mass is 35.5. The molecule has 0 spiro atoms. The fourth-order valence-electron chi connectivity index (χ4n) is 3.20. The number of likely N-dealkylation sites (N-methyl/N-ethyl adjacent to an activating group) is 1. The summed E-state index contributed by atoms with van der Waals surface area (Å²) < 4.78 is 0. The quantitative estimate of drug-likeness (QED) is 0.903. The molecule has 124 valence electrons. The van der Waals surface area contributed by atoms with E-state index in [1.165, 1.54) is 11.1 Å². The summed E-state index contributed by atoms with van der Waals surface area (Å²) in [7, 11) is 1.92. The van der Waals surface area contributed by atoms with Crippen molar-refractivity contribution in [1.29, 1.82) is 0 Å². The third-order valence-corrected chi connectivity index (χ3v) is 4.58. The van der Waals surface area contributed by atoms with Crippen LogP contribution in [0.1, 0.15) is 36.9 Å². The van der Waals surface area contributed by atoms with E-state index in [1.54, 1.807) is 0 Å². The lowest BCUT2D eigenvalue weighted by Gasteiger charge is -2.39. The molecule has 22 heavy (non-hydrogen) atoms. The molecule has 1 saturated heterocycles. The molecule has 0 saturated carbocycles. The summed E-state index contributed by atoms with van der Waals surface area (Å²) >= 11 is 0. The Morgan fingerprint density at radius 2 is 2.05 bits per heavy atom. The molecule has 0 aliphatic carbocycles. The van der Waals surface area contributed by atoms with Crippen LogP contribution in [-0.4, -0.2) is 53.6 Å². The molecule has 0 amide bonds. The molecule has 4 nitrogen and oxygen atoms in total. The summed E-state index contributed by atoms with van der Waals surface area (Å²) in [6.07, 6.45) is 2.08. The fourth-order valence-corrected chi connectivity index (χ4v) is 3.20. The van der Waals surface area contributed by atoms with E-state index in [2.05, 4.69) is 43.0 Å². The molecular weight excluding hydrogens is 300 g/mol. The molecule has 1 fully saturated rings. The lowest BCUT2D eigenvalue weighted by molar-refractivity contribution is -0.138. The van der Waals surface area contributed by atoms with Gasteiger partial charge >= 0.3 is 5.97 Å². The van der Waals surface area contributed by atoms with E-state index < -0.39 is 5.97 Å². The van der Waals surface area contributed by atoms with Crippen LogP contribution in [0.25, 0.3) is 0 Å². The summed E-state index contributed by atoms with van der Waals surface area (Å²) in [5.41, 5.74) is 2.67. The Balaban J connectivity index is 0.00000242. The first-order chi connectivity index (χ1) is 9.97. The molecule has 1 aromatic rings. The number of carbonyl (C=O) groups is 1. The average molecular weight is 327 g/mol. The van der Waals surface area contributed by atoms with Gasteiger partial charge in [0, 0.05) is 25.2 Å². The van der Waals surface area contributed by atoms with Crippen LogP contribution in [-0.2, 0) is 4.79 Å². The largest absolute Gasteiger partial charge is 0.480 e. The molecule has 0 aromatic heterocycles. The van der Waals surface area contributed by atoms with Crippen molar-refractivity contribution >= 4 is 18.4 Å². The van der Waals surface area contributed by atoms with Gasteiger partial charge in [0.05, 0.1) is 6.54 Å². The van der Waals surface area contributed by atoms with Gasteiger partial charge in [-0.05, 0) is 39.3 Å². The molecule has 1 aliphatic heterocycles. The summed E-state index contributed by atoms with van der Waals surface area (Å²) in [6, 6.07) is 9.52. The van der Waals surface area contributed by atoms with Gasteiger partial charge in [0.25, 0.3) is 0 Å². The number of carboxylic acid groups (broad SMARTS) is 1. The van der Waals surface area contributed by atoms with E-state index in [0.29, 0.717) is 12.1 Å². The molecular formula is C17H27ClN2O2. The molecule has 0 radical (unpaired) electrons. The Bertz CT molecular complexity index is 487. The first-order valence-corrected chi connectivity index (χ1v) is 7.70. The SMILES string of the molecule is Cc1cccc(C(C)N2CCC(N(C)CC(=O)O)CC2)c1.Cl. The molecule has 1 aromatic carbocycles. The minimum absolute atomic E-state index is 0. The third kappa shape index (κ3) is 4.97. The number of likely N-dealkylation sites (tertiary alicyclic amines) is 1. The van der Waals surface area contributed by atoms with Crippen molar-refractivity contribution in [3.8, 4) is 0 Å². The monoisotopic (exact) mass is 326 g/mol. The zero-order valence-corrected chi connectivity index (χ0v) is 14.5. The lowest BCUT2D eigenvalue weighted by atomic mass is 9.98. The maximum absolute atomic E-state index is 10.8. The number of aliphatic carboxylic acids is 1. The van der Waals surface area contributed by atoms with Gasteiger partial charge in [0.1, 0.15) is 0 Å². The molecule has 1 unspecified atom stereocenters. The van der Waals surface area contributed by atoms with E-state index in [1.807, 2.05) is 11.9 Å². The number of carboxylic acids is 1. The predicted molar refractivity (Wildman–Crippen MR) is 91.7 cm³/mol. The van der Waals surface area contributed by atoms with Crippen molar-refractivity contribution in [3.05, 3.63) is 35.4 Å². The molecule has 0 bridgehead atoms. The number of halogens is 1. The van der Waals surface area contributed by atoms with Crippen LogP contribution in [0.4, 0.5) is 0 Å². The first kappa shape index (κ1) is 18.9. The van der Waals surface area contributed by atoms with E-state index in [-0.39, 0.29) is 19.0 Å². The summed E-state index contributed by atoms with van der Waals surface area (Å²) in [4.78, 5) is 15.3. The van der Waals surface area contributed by atoms with Gasteiger partial charge in [-0.2, -0.15) is 0 Å². The van der Waals surface area contributed by atoms with Crippen molar-refractivity contribution in [3.63, 3.8) is 0 Å². The second-order valence-electron chi connectivity index (χ2n) is 6.17. The first-order valence-electron chi connectivity index (χ1n) is 7.70. The highest BCUT2D eigenvalue weighted by Crippen LogP contribution is 2.26. The van der Waals surface area contributed by atoms with Crippen molar-refractivity contribution in [2.45, 2.75) is 38.8 Å². The number of aryl methyl sites for hydroxylation is 1. The van der Waals surface area contributed by atoms with Crippen molar-refractivity contribution in [2.75, 3.05) is 26.7 Å². The number of piperidine rings is 1. The second-order valence-corrected chi connectivity index (χ2v) is 6.17. The Kier molecular flexibility index (Phi) is 7.33. The molecule has 1 aliphatic rings. The number of benzene rings is 1. The minimum Gasteiger partial charge on any atom is -0.480 e. The topological polar surface area (TPSA) is 43.8 Å². The average Bonchev–Trinajstić information content (AvgIpc) is 2.46. The molecule has 5 heteroatoms. The third-order valence-electron chi connectivity index (χ3n) is 4.58. The maximum Gasteiger partial charge on any atom is 0.317 e. The second kappa shape index (κ2) is 8.51. The van der Waals surface area contributed by atoms with Crippen LogP contribution in [0, 0.1) is 6.92 Å². The van der Waals surface area contributed by atoms with Crippen LogP contribution in [0.5, 0.6) is 0 Å². The highest BCUT2D eigenvalue weighted by molar-refractivity contribution is 5.85. The van der Waals surface area contributed by atoms with Crippen molar-refractivity contribution in [1.82, 2.24) is 9.80 Å². The zero-order chi connectivity index (χ0) is 15.4. The number of hydrogen-bond acceptors (Lipinski definition) is 3. The Morgan fingerprint density at radius 1 is 1.41 bits per heavy atom. The van der Waals surface area contributed by atoms with Crippen molar-refractivity contribution < 1.29 is 9.90 Å². The lowest BCUT2D eigenvalue weighted by Crippen LogP contribution is -2.45. The van der Waals surface area contributed by atoms with Gasteiger partial charge in [0.2, 0.25) is 0 Å². The van der Waals surface area contributed by atoms with Crippen LogP contribution < -0.4 is 0 Å². The maximum atomic E-state index is 10.8. The van der Waals surface area contributed by atoms with Crippen LogP contribution in [0.2, 0.25) is 0 Å². The molecule has 1 N–H and O–H groups in total. The summed E-state index contributed by atoms with van der Waals surface area (Å²) in [6.45, 7) is 6.59. The van der Waals surface area contributed by atoms with Gasteiger partial charge in [-0.3, -0.25) is 14.6 Å². The number of rotatable bonds is 5. The fraction of sp³-hybridized carbons (Fsp3) is 0.588.